The SMILES string of the molecule is C=C(CC(C)C)Nc1cncc(-c2ccc3[nH]nc(-c4nc5c(-c6cccs6)cccc5[nH]4)c3n2)c1.C=C/C=C(C)\C(=C/C)c1ccc2[nH]nc(-c3nc4c(-c5cccs5)cccc4[nH]3)c2n1.CC. The number of imidazole rings is 2. The fourth-order valence-electron chi connectivity index (χ4n) is 8.23. The predicted octanol–water partition coefficient (Wildman–Crippen LogP) is 15.1. The van der Waals surface area contributed by atoms with E-state index in [1.54, 1.807) is 34.9 Å². The van der Waals surface area contributed by atoms with Crippen LogP contribution in [-0.4, -0.2) is 55.3 Å². The molecule has 0 aliphatic heterocycles. The Kier molecular flexibility index (Phi) is 13.6. The molecular weight excluding hydrogens is 893 g/mol. The number of nitrogens with zero attached hydrogens (tertiary/aromatic N) is 7. The number of rotatable bonds is 12. The van der Waals surface area contributed by atoms with E-state index in [-0.39, 0.29) is 0 Å². The molecule has 11 rings (SSSR count). The van der Waals surface area contributed by atoms with Crippen LogP contribution in [-0.2, 0) is 0 Å². The molecule has 0 saturated carbocycles. The van der Waals surface area contributed by atoms with E-state index in [1.165, 1.54) is 9.75 Å². The van der Waals surface area contributed by atoms with Gasteiger partial charge in [-0.1, -0.05) is 95.5 Å². The topological polar surface area (TPSA) is 165 Å². The third-order valence-corrected chi connectivity index (χ3v) is 13.0. The van der Waals surface area contributed by atoms with Gasteiger partial charge in [-0.15, -0.1) is 22.7 Å². The second-order valence-corrected chi connectivity index (χ2v) is 18.3. The Morgan fingerprint density at radius 3 is 1.84 bits per heavy atom. The van der Waals surface area contributed by atoms with Crippen molar-refractivity contribution in [1.29, 1.82) is 0 Å². The molecule has 12 nitrogen and oxygen atoms in total. The van der Waals surface area contributed by atoms with Gasteiger partial charge in [0.1, 0.15) is 11.0 Å². The van der Waals surface area contributed by atoms with Gasteiger partial charge in [0.05, 0.1) is 56.4 Å². The van der Waals surface area contributed by atoms with E-state index in [0.717, 1.165) is 101 Å². The van der Waals surface area contributed by atoms with Crippen LogP contribution in [0.15, 0.2) is 157 Å². The third-order valence-electron chi connectivity index (χ3n) is 11.2. The number of hydrogen-bond acceptors (Lipinski definition) is 10. The highest BCUT2D eigenvalue weighted by Gasteiger charge is 2.19. The van der Waals surface area contributed by atoms with Crippen molar-refractivity contribution >= 4 is 78.1 Å². The number of aromatic amines is 4. The lowest BCUT2D eigenvalue weighted by Crippen LogP contribution is -2.02. The predicted molar refractivity (Wildman–Crippen MR) is 289 cm³/mol. The molecular formula is C55H52N12S2. The van der Waals surface area contributed by atoms with E-state index in [1.807, 2.05) is 87.6 Å². The normalized spacial score (nSPS) is 11.8. The fourth-order valence-corrected chi connectivity index (χ4v) is 9.73. The summed E-state index contributed by atoms with van der Waals surface area (Å²) in [7, 11) is 0. The number of hydrogen-bond donors (Lipinski definition) is 5. The standard InChI is InChI=1S/C28H25N7S.C25H21N5S.C2H6/c1-16(2)12-17(3)30-19-13-18(14-29-15-19)21-9-10-23-26(31-21)27(35-34-23)28-32-22-7-4-6-20(25(22)33-28)24-8-5-11-36-24;1-4-8-15(3)16(5-2)18-12-13-20-23(26-18)24(30-29-20)25-27-19-10-6-9-17(22(19)28-25)21-11-7-14-31-21;1-2/h4-11,13-16,30H,3,12H2,1-2H3,(H,32,33)(H,34,35);4-14H,1H2,2-3H3,(H,27,28)(H,29,30);1-2H3/b;15-8-,16-5+;. The van der Waals surface area contributed by atoms with Crippen molar-refractivity contribution in [3.05, 3.63) is 162 Å². The van der Waals surface area contributed by atoms with E-state index in [0.29, 0.717) is 29.0 Å². The summed E-state index contributed by atoms with van der Waals surface area (Å²) >= 11 is 3.41. The maximum atomic E-state index is 4.95. The molecule has 0 atom stereocenters. The maximum absolute atomic E-state index is 4.95. The zero-order valence-corrected chi connectivity index (χ0v) is 41.0. The molecule has 0 unspecified atom stereocenters. The van der Waals surface area contributed by atoms with Gasteiger partial charge in [0.15, 0.2) is 23.0 Å². The second-order valence-electron chi connectivity index (χ2n) is 16.4. The quantitative estimate of drug-likeness (QED) is 0.0755. The van der Waals surface area contributed by atoms with Crippen LogP contribution in [0.3, 0.4) is 0 Å². The Labute approximate surface area is 408 Å². The lowest BCUT2D eigenvalue weighted by atomic mass is 10.0. The van der Waals surface area contributed by atoms with Crippen LogP contribution in [0.5, 0.6) is 0 Å². The van der Waals surface area contributed by atoms with Gasteiger partial charge in [-0.05, 0) is 103 Å². The lowest BCUT2D eigenvalue weighted by Gasteiger charge is -2.12. The number of allylic oxidation sites excluding steroid dienone is 6. The van der Waals surface area contributed by atoms with Gasteiger partial charge >= 0.3 is 0 Å². The summed E-state index contributed by atoms with van der Waals surface area (Å²) < 4.78 is 0. The van der Waals surface area contributed by atoms with Gasteiger partial charge in [-0.25, -0.2) is 19.9 Å². The van der Waals surface area contributed by atoms with Gasteiger partial charge in [0.2, 0.25) is 0 Å². The highest BCUT2D eigenvalue weighted by atomic mass is 32.1. The van der Waals surface area contributed by atoms with Gasteiger partial charge in [-0.2, -0.15) is 10.2 Å². The number of H-pyrrole nitrogens is 4. The summed E-state index contributed by atoms with van der Waals surface area (Å²) in [5.41, 5.74) is 17.4. The summed E-state index contributed by atoms with van der Waals surface area (Å²) in [6.45, 7) is 20.4. The largest absolute Gasteiger partial charge is 0.358 e. The van der Waals surface area contributed by atoms with Crippen molar-refractivity contribution in [2.75, 3.05) is 5.32 Å². The lowest BCUT2D eigenvalue weighted by molar-refractivity contribution is 0.645. The molecule has 344 valence electrons. The first-order chi connectivity index (χ1) is 33.7. The Hall–Kier alpha value is -8.07. The first-order valence-electron chi connectivity index (χ1n) is 22.9. The number of pyridine rings is 3. The smallest absolute Gasteiger partial charge is 0.161 e. The molecule has 2 aromatic carbocycles. The molecule has 0 aliphatic rings. The summed E-state index contributed by atoms with van der Waals surface area (Å²) in [6, 6.07) is 30.7. The average molecular weight is 945 g/mol. The van der Waals surface area contributed by atoms with E-state index in [2.05, 4.69) is 128 Å². The van der Waals surface area contributed by atoms with Crippen LogP contribution in [0.2, 0.25) is 0 Å². The minimum absolute atomic E-state index is 0.532. The van der Waals surface area contributed by atoms with Crippen LogP contribution in [0.4, 0.5) is 5.69 Å². The minimum atomic E-state index is 0.532. The van der Waals surface area contributed by atoms with Gasteiger partial charge in [-0.3, -0.25) is 15.2 Å². The van der Waals surface area contributed by atoms with Crippen LogP contribution < -0.4 is 5.32 Å². The minimum Gasteiger partial charge on any atom is -0.358 e. The maximum Gasteiger partial charge on any atom is 0.161 e. The van der Waals surface area contributed by atoms with Crippen molar-refractivity contribution in [2.45, 2.75) is 48.0 Å². The van der Waals surface area contributed by atoms with Crippen molar-refractivity contribution in [2.24, 2.45) is 5.92 Å². The van der Waals surface area contributed by atoms with E-state index in [4.69, 9.17) is 19.9 Å². The van der Waals surface area contributed by atoms with Gasteiger partial charge in [0, 0.05) is 38.3 Å². The highest BCUT2D eigenvalue weighted by Crippen LogP contribution is 2.36. The molecule has 0 spiro atoms. The van der Waals surface area contributed by atoms with E-state index < -0.39 is 0 Å². The first kappa shape index (κ1) is 46.1. The third kappa shape index (κ3) is 9.57. The van der Waals surface area contributed by atoms with Crippen LogP contribution >= 0.6 is 22.7 Å². The number of aromatic nitrogens is 11. The average Bonchev–Trinajstić information content (AvgIpc) is 4.23. The number of para-hydroxylation sites is 2. The van der Waals surface area contributed by atoms with E-state index in [9.17, 15) is 0 Å². The van der Waals surface area contributed by atoms with Crippen LogP contribution in [0.25, 0.3) is 105 Å². The number of thiophene rings is 2. The molecule has 0 bridgehead atoms. The molecule has 9 aromatic heterocycles. The Morgan fingerprint density at radius 2 is 1.29 bits per heavy atom. The Balaban J connectivity index is 0.000000168. The monoisotopic (exact) mass is 944 g/mol. The van der Waals surface area contributed by atoms with Gasteiger partial charge in [0.25, 0.3) is 0 Å². The summed E-state index contributed by atoms with van der Waals surface area (Å²) in [5, 5.41) is 22.8. The zero-order valence-electron chi connectivity index (χ0n) is 39.3. The summed E-state index contributed by atoms with van der Waals surface area (Å²) in [5.74, 6) is 1.92. The van der Waals surface area contributed by atoms with Crippen molar-refractivity contribution < 1.29 is 0 Å². The fraction of sp³-hybridized carbons (Fsp3) is 0.145. The van der Waals surface area contributed by atoms with Gasteiger partial charge < -0.3 is 15.3 Å². The summed E-state index contributed by atoms with van der Waals surface area (Å²) in [6.07, 6.45) is 10.4. The molecule has 0 fully saturated rings. The van der Waals surface area contributed by atoms with Crippen molar-refractivity contribution in [3.8, 4) is 55.2 Å². The molecule has 14 heteroatoms. The second kappa shape index (κ2) is 20.4. The van der Waals surface area contributed by atoms with Crippen molar-refractivity contribution in [3.63, 3.8) is 0 Å². The van der Waals surface area contributed by atoms with Crippen LogP contribution in [0.1, 0.15) is 53.7 Å². The number of fused-ring (bicyclic) bond motifs is 4. The first-order valence-corrected chi connectivity index (χ1v) is 24.6. The number of anilines is 1. The molecule has 9 heterocycles. The molecule has 11 aromatic rings. The van der Waals surface area contributed by atoms with E-state index >= 15 is 0 Å². The summed E-state index contributed by atoms with van der Waals surface area (Å²) in [4.78, 5) is 33.4. The number of nitrogens with one attached hydrogen (secondary N) is 5. The molecule has 5 N–H and O–H groups in total. The molecule has 0 aliphatic carbocycles. The number of benzene rings is 2. The molecule has 0 amide bonds. The molecule has 69 heavy (non-hydrogen) atoms. The zero-order chi connectivity index (χ0) is 48.0. The highest BCUT2D eigenvalue weighted by molar-refractivity contribution is 7.14. The Bertz CT molecular complexity index is 3640. The molecule has 0 radical (unpaired) electrons. The van der Waals surface area contributed by atoms with Crippen LogP contribution in [0, 0.1) is 5.92 Å². The molecule has 0 saturated heterocycles. The van der Waals surface area contributed by atoms with Crippen molar-refractivity contribution in [1.82, 2.24) is 55.3 Å². The Morgan fingerprint density at radius 1 is 0.696 bits per heavy atom.